The normalized spacial score (nSPS) is 13.9. The van der Waals surface area contributed by atoms with E-state index in [1.807, 2.05) is 44.2 Å². The van der Waals surface area contributed by atoms with E-state index in [0.29, 0.717) is 11.7 Å². The highest BCUT2D eigenvalue weighted by molar-refractivity contribution is 5.82. The minimum atomic E-state index is -0.675. The minimum Gasteiger partial charge on any atom is -0.367 e. The van der Waals surface area contributed by atoms with E-state index in [1.54, 1.807) is 6.92 Å². The summed E-state index contributed by atoms with van der Waals surface area (Å²) >= 11 is 0. The lowest BCUT2D eigenvalue weighted by molar-refractivity contribution is -0.132. The third kappa shape index (κ3) is 3.71. The van der Waals surface area contributed by atoms with Crippen molar-refractivity contribution in [1.29, 1.82) is 0 Å². The van der Waals surface area contributed by atoms with Crippen LogP contribution in [0.1, 0.15) is 43.3 Å². The van der Waals surface area contributed by atoms with E-state index in [2.05, 4.69) is 15.5 Å². The molecular formula is C16H21N3O3. The van der Waals surface area contributed by atoms with Crippen LogP contribution in [-0.2, 0) is 9.53 Å². The van der Waals surface area contributed by atoms with Crippen molar-refractivity contribution in [2.45, 2.75) is 32.9 Å². The Morgan fingerprint density at radius 2 is 1.95 bits per heavy atom. The van der Waals surface area contributed by atoms with Crippen molar-refractivity contribution in [2.75, 3.05) is 7.11 Å². The third-order valence-corrected chi connectivity index (χ3v) is 3.35. The number of ether oxygens (including phenoxy) is 1. The van der Waals surface area contributed by atoms with E-state index in [1.165, 1.54) is 7.11 Å². The lowest BCUT2D eigenvalue weighted by Gasteiger charge is -2.22. The molecule has 0 aliphatic carbocycles. The maximum atomic E-state index is 12.5. The lowest BCUT2D eigenvalue weighted by Crippen LogP contribution is -2.36. The molecular weight excluding hydrogens is 282 g/mol. The number of amides is 1. The topological polar surface area (TPSA) is 77.2 Å². The van der Waals surface area contributed by atoms with Gasteiger partial charge in [0.2, 0.25) is 5.89 Å². The summed E-state index contributed by atoms with van der Waals surface area (Å²) in [5.41, 5.74) is 0.798. The molecule has 6 nitrogen and oxygen atoms in total. The van der Waals surface area contributed by atoms with Crippen molar-refractivity contribution in [3.63, 3.8) is 0 Å². The van der Waals surface area contributed by atoms with Crippen LogP contribution in [0.15, 0.2) is 34.9 Å². The third-order valence-electron chi connectivity index (χ3n) is 3.35. The van der Waals surface area contributed by atoms with E-state index in [9.17, 15) is 4.79 Å². The molecule has 0 saturated heterocycles. The van der Waals surface area contributed by atoms with Gasteiger partial charge in [0.05, 0.1) is 0 Å². The fourth-order valence-electron chi connectivity index (χ4n) is 2.20. The number of hydrogen-bond donors (Lipinski definition) is 1. The molecule has 0 radical (unpaired) electrons. The molecule has 0 aliphatic heterocycles. The predicted molar refractivity (Wildman–Crippen MR) is 80.9 cm³/mol. The molecule has 1 N–H and O–H groups in total. The number of rotatable bonds is 6. The zero-order chi connectivity index (χ0) is 16.1. The highest BCUT2D eigenvalue weighted by atomic mass is 16.5. The first kappa shape index (κ1) is 16.2. The molecule has 0 unspecified atom stereocenters. The first-order valence-electron chi connectivity index (χ1n) is 7.21. The van der Waals surface area contributed by atoms with Gasteiger partial charge in [-0.25, -0.2) is 0 Å². The molecule has 1 aromatic heterocycles. The summed E-state index contributed by atoms with van der Waals surface area (Å²) in [5.74, 6) is 0.824. The maximum Gasteiger partial charge on any atom is 0.254 e. The highest BCUT2D eigenvalue weighted by Gasteiger charge is 2.28. The first-order valence-corrected chi connectivity index (χ1v) is 7.21. The zero-order valence-electron chi connectivity index (χ0n) is 13.2. The van der Waals surface area contributed by atoms with Gasteiger partial charge in [0.15, 0.2) is 11.9 Å². The first-order chi connectivity index (χ1) is 10.5. The molecule has 2 rings (SSSR count). The quantitative estimate of drug-likeness (QED) is 0.887. The van der Waals surface area contributed by atoms with E-state index in [4.69, 9.17) is 9.26 Å². The number of hydrogen-bond acceptors (Lipinski definition) is 5. The summed E-state index contributed by atoms with van der Waals surface area (Å²) in [6.45, 7) is 5.71. The van der Waals surface area contributed by atoms with Gasteiger partial charge in [0, 0.05) is 7.11 Å². The monoisotopic (exact) mass is 303 g/mol. The number of carbonyl (C=O) groups is 1. The van der Waals surface area contributed by atoms with Crippen molar-refractivity contribution in [3.8, 4) is 0 Å². The van der Waals surface area contributed by atoms with Crippen LogP contribution in [0.3, 0.4) is 0 Å². The van der Waals surface area contributed by atoms with Crippen LogP contribution in [0.4, 0.5) is 0 Å². The van der Waals surface area contributed by atoms with Gasteiger partial charge in [-0.1, -0.05) is 49.3 Å². The number of benzene rings is 1. The number of nitrogens with zero attached hydrogens (tertiary/aromatic N) is 2. The van der Waals surface area contributed by atoms with Crippen molar-refractivity contribution in [1.82, 2.24) is 15.5 Å². The molecule has 0 aliphatic rings. The number of methoxy groups -OCH3 is 1. The summed E-state index contributed by atoms with van der Waals surface area (Å²) in [5, 5.41) is 6.72. The second kappa shape index (κ2) is 7.17. The van der Waals surface area contributed by atoms with Crippen LogP contribution in [0.5, 0.6) is 0 Å². The largest absolute Gasteiger partial charge is 0.367 e. The fourth-order valence-corrected chi connectivity index (χ4v) is 2.20. The van der Waals surface area contributed by atoms with E-state index < -0.39 is 6.10 Å². The van der Waals surface area contributed by atoms with E-state index >= 15 is 0 Å². The summed E-state index contributed by atoms with van der Waals surface area (Å²) in [6.07, 6.45) is -0.675. The van der Waals surface area contributed by atoms with Gasteiger partial charge in [0.25, 0.3) is 5.91 Å². The molecule has 2 atom stereocenters. The Kier molecular flexibility index (Phi) is 5.27. The van der Waals surface area contributed by atoms with Gasteiger partial charge in [0.1, 0.15) is 6.04 Å². The Morgan fingerprint density at radius 1 is 1.27 bits per heavy atom. The molecule has 118 valence electrons. The van der Waals surface area contributed by atoms with Gasteiger partial charge in [-0.2, -0.15) is 4.98 Å². The highest BCUT2D eigenvalue weighted by Crippen LogP contribution is 2.23. The molecule has 22 heavy (non-hydrogen) atoms. The zero-order valence-corrected chi connectivity index (χ0v) is 13.2. The average Bonchev–Trinajstić information content (AvgIpc) is 2.92. The second-order valence-electron chi connectivity index (χ2n) is 5.44. The van der Waals surface area contributed by atoms with E-state index in [0.717, 1.165) is 5.56 Å². The summed E-state index contributed by atoms with van der Waals surface area (Å²) in [6, 6.07) is 9.00. The van der Waals surface area contributed by atoms with Gasteiger partial charge in [-0.3, -0.25) is 4.79 Å². The number of carbonyl (C=O) groups excluding carboxylic acids is 1. The van der Waals surface area contributed by atoms with Crippen LogP contribution in [0.2, 0.25) is 0 Å². The SMILES string of the molecule is CO[C@H](C(=O)N[C@@H](c1nc(C)no1)C(C)C)c1ccccc1. The summed E-state index contributed by atoms with van der Waals surface area (Å²) in [7, 11) is 1.51. The molecule has 1 aromatic carbocycles. The summed E-state index contributed by atoms with van der Waals surface area (Å²) < 4.78 is 10.5. The predicted octanol–water partition coefficient (Wildman–Crippen LogP) is 2.58. The van der Waals surface area contributed by atoms with Crippen LogP contribution < -0.4 is 5.32 Å². The van der Waals surface area contributed by atoms with Gasteiger partial charge in [-0.05, 0) is 18.4 Å². The fraction of sp³-hybridized carbons (Fsp3) is 0.438. The Hall–Kier alpha value is -2.21. The Labute approximate surface area is 129 Å². The smallest absolute Gasteiger partial charge is 0.254 e. The van der Waals surface area contributed by atoms with Gasteiger partial charge in [-0.15, -0.1) is 0 Å². The number of aromatic nitrogens is 2. The molecule has 0 saturated carbocycles. The molecule has 1 heterocycles. The van der Waals surface area contributed by atoms with Gasteiger partial charge >= 0.3 is 0 Å². The number of nitrogens with one attached hydrogen (secondary N) is 1. The molecule has 0 fully saturated rings. The Bertz CT molecular complexity index is 610. The number of aryl methyl sites for hydroxylation is 1. The van der Waals surface area contributed by atoms with Crippen molar-refractivity contribution in [3.05, 3.63) is 47.6 Å². The minimum absolute atomic E-state index is 0.108. The van der Waals surface area contributed by atoms with Crippen molar-refractivity contribution >= 4 is 5.91 Å². The molecule has 2 aromatic rings. The summed E-state index contributed by atoms with van der Waals surface area (Å²) in [4.78, 5) is 16.8. The van der Waals surface area contributed by atoms with Crippen LogP contribution in [0, 0.1) is 12.8 Å². The Balaban J connectivity index is 2.17. The molecule has 6 heteroatoms. The molecule has 0 bridgehead atoms. The lowest BCUT2D eigenvalue weighted by atomic mass is 10.0. The average molecular weight is 303 g/mol. The van der Waals surface area contributed by atoms with Crippen LogP contribution in [-0.4, -0.2) is 23.2 Å². The van der Waals surface area contributed by atoms with Crippen molar-refractivity contribution < 1.29 is 14.1 Å². The molecule has 1 amide bonds. The standard InChI is InChI=1S/C16H21N3O3/c1-10(2)13(16-17-11(3)19-22-16)18-15(20)14(21-4)12-8-6-5-7-9-12/h5-10,13-14H,1-4H3,(H,18,20)/t13-,14+/m1/s1. The maximum absolute atomic E-state index is 12.5. The molecule has 0 spiro atoms. The van der Waals surface area contributed by atoms with Crippen molar-refractivity contribution in [2.24, 2.45) is 5.92 Å². The van der Waals surface area contributed by atoms with Crippen LogP contribution >= 0.6 is 0 Å². The second-order valence-corrected chi connectivity index (χ2v) is 5.44. The van der Waals surface area contributed by atoms with Crippen LogP contribution in [0.25, 0.3) is 0 Å². The van der Waals surface area contributed by atoms with E-state index in [-0.39, 0.29) is 17.9 Å². The van der Waals surface area contributed by atoms with Gasteiger partial charge < -0.3 is 14.6 Å². The Morgan fingerprint density at radius 3 is 2.45 bits per heavy atom.